The highest BCUT2D eigenvalue weighted by atomic mass is 19.2. The number of carbonyl (C=O) groups is 3. The molecule has 0 unspecified atom stereocenters. The highest BCUT2D eigenvalue weighted by molar-refractivity contribution is 6.35. The number of piperazine rings is 1. The summed E-state index contributed by atoms with van der Waals surface area (Å²) in [6.07, 6.45) is 0. The van der Waals surface area contributed by atoms with E-state index in [0.29, 0.717) is 45.1 Å². The molecule has 0 aromatic heterocycles. The number of carbonyl (C=O) groups excluding carboxylic acids is 3. The first-order valence-electron chi connectivity index (χ1n) is 9.10. The van der Waals surface area contributed by atoms with Crippen molar-refractivity contribution in [2.45, 2.75) is 6.92 Å². The molecule has 2 fully saturated rings. The van der Waals surface area contributed by atoms with Gasteiger partial charge < -0.3 is 24.8 Å². The first-order chi connectivity index (χ1) is 13.4. The maximum absolute atomic E-state index is 13.7. The molecule has 0 radical (unpaired) electrons. The van der Waals surface area contributed by atoms with Crippen LogP contribution >= 0.6 is 0 Å². The average molecular weight is 396 g/mol. The highest BCUT2D eigenvalue weighted by Gasteiger charge is 2.32. The van der Waals surface area contributed by atoms with Crippen molar-refractivity contribution < 1.29 is 27.9 Å². The molecule has 0 aliphatic carbocycles. The molecule has 2 aliphatic heterocycles. The van der Waals surface area contributed by atoms with Gasteiger partial charge in [-0.25, -0.2) is 8.78 Å². The van der Waals surface area contributed by atoms with Crippen LogP contribution in [0.15, 0.2) is 12.1 Å². The van der Waals surface area contributed by atoms with E-state index in [1.807, 2.05) is 0 Å². The third kappa shape index (κ3) is 4.22. The molecule has 8 nitrogen and oxygen atoms in total. The largest absolute Gasteiger partial charge is 0.378 e. The number of anilines is 2. The lowest BCUT2D eigenvalue weighted by atomic mass is 10.2. The smallest absolute Gasteiger partial charge is 0.312 e. The van der Waals surface area contributed by atoms with Crippen LogP contribution in [0, 0.1) is 11.6 Å². The molecule has 1 aromatic carbocycles. The van der Waals surface area contributed by atoms with Gasteiger partial charge in [0.25, 0.3) is 0 Å². The monoisotopic (exact) mass is 396 g/mol. The number of rotatable bonds is 5. The summed E-state index contributed by atoms with van der Waals surface area (Å²) in [7, 11) is 0. The molecule has 0 saturated carbocycles. The first kappa shape index (κ1) is 20.0. The van der Waals surface area contributed by atoms with E-state index in [9.17, 15) is 23.2 Å². The van der Waals surface area contributed by atoms with Gasteiger partial charge in [0.2, 0.25) is 5.91 Å². The quantitative estimate of drug-likeness (QED) is 0.730. The molecular weight excluding hydrogens is 374 g/mol. The summed E-state index contributed by atoms with van der Waals surface area (Å²) in [5.74, 6) is -4.09. The van der Waals surface area contributed by atoms with E-state index in [4.69, 9.17) is 4.74 Å². The Morgan fingerprint density at radius 1 is 1.04 bits per heavy atom. The molecule has 2 saturated heterocycles. The summed E-state index contributed by atoms with van der Waals surface area (Å²) in [6.45, 7) is 4.24. The van der Waals surface area contributed by atoms with Gasteiger partial charge in [-0.3, -0.25) is 14.4 Å². The molecule has 1 N–H and O–H groups in total. The Hall–Kier alpha value is -2.75. The number of nitrogens with one attached hydrogen (secondary N) is 1. The number of likely N-dealkylation sites (N-methyl/N-ethyl adjacent to an activating group) is 1. The fraction of sp³-hybridized carbons (Fsp3) is 0.500. The van der Waals surface area contributed by atoms with Crippen LogP contribution in [0.3, 0.4) is 0 Å². The predicted octanol–water partition coefficient (Wildman–Crippen LogP) is 0.431. The number of ether oxygens (including phenoxy) is 1. The van der Waals surface area contributed by atoms with E-state index in [0.717, 1.165) is 17.0 Å². The second kappa shape index (κ2) is 8.51. The third-order valence-corrected chi connectivity index (χ3v) is 4.78. The Kier molecular flexibility index (Phi) is 6.08. The summed E-state index contributed by atoms with van der Waals surface area (Å²) in [5.41, 5.74) is 0.450. The van der Waals surface area contributed by atoms with Gasteiger partial charge in [-0.15, -0.1) is 0 Å². The van der Waals surface area contributed by atoms with E-state index in [1.54, 1.807) is 11.8 Å². The fourth-order valence-corrected chi connectivity index (χ4v) is 3.23. The Balaban J connectivity index is 1.72. The molecule has 152 valence electrons. The normalized spacial score (nSPS) is 17.9. The van der Waals surface area contributed by atoms with Crippen LogP contribution < -0.4 is 10.2 Å². The van der Waals surface area contributed by atoms with Gasteiger partial charge in [0, 0.05) is 44.9 Å². The van der Waals surface area contributed by atoms with E-state index < -0.39 is 29.4 Å². The topological polar surface area (TPSA) is 82.2 Å². The lowest BCUT2D eigenvalue weighted by Gasteiger charge is -2.33. The van der Waals surface area contributed by atoms with E-state index >= 15 is 0 Å². The van der Waals surface area contributed by atoms with Crippen LogP contribution in [0.4, 0.5) is 20.2 Å². The number of nitrogens with zero attached hydrogens (tertiary/aromatic N) is 3. The van der Waals surface area contributed by atoms with Crippen molar-refractivity contribution in [3.8, 4) is 0 Å². The summed E-state index contributed by atoms with van der Waals surface area (Å²) >= 11 is 0. The summed E-state index contributed by atoms with van der Waals surface area (Å²) < 4.78 is 32.8. The summed E-state index contributed by atoms with van der Waals surface area (Å²) in [4.78, 5) is 40.8. The van der Waals surface area contributed by atoms with Crippen LogP contribution in [0.5, 0.6) is 0 Å². The minimum absolute atomic E-state index is 0.108. The van der Waals surface area contributed by atoms with Crippen molar-refractivity contribution in [1.82, 2.24) is 9.80 Å². The zero-order chi connectivity index (χ0) is 20.3. The molecule has 2 aliphatic rings. The lowest BCUT2D eigenvalue weighted by Crippen LogP contribution is -2.55. The minimum Gasteiger partial charge on any atom is -0.378 e. The minimum atomic E-state index is -1.09. The van der Waals surface area contributed by atoms with E-state index in [-0.39, 0.29) is 18.8 Å². The zero-order valence-electron chi connectivity index (χ0n) is 15.5. The third-order valence-electron chi connectivity index (χ3n) is 4.78. The number of amides is 3. The number of halogens is 2. The molecule has 0 spiro atoms. The van der Waals surface area contributed by atoms with Crippen LogP contribution in [0.1, 0.15) is 6.92 Å². The Morgan fingerprint density at radius 2 is 1.64 bits per heavy atom. The van der Waals surface area contributed by atoms with Crippen molar-refractivity contribution in [2.75, 3.05) is 62.7 Å². The van der Waals surface area contributed by atoms with Crippen molar-refractivity contribution >= 4 is 29.1 Å². The van der Waals surface area contributed by atoms with Gasteiger partial charge in [-0.05, 0) is 6.92 Å². The SMILES string of the molecule is CCN1CCN(CC(=O)Nc2cc(F)c(F)cc2N2CCOCC2)C(=O)C1=O. The van der Waals surface area contributed by atoms with Crippen LogP contribution in [0.2, 0.25) is 0 Å². The summed E-state index contributed by atoms with van der Waals surface area (Å²) in [5, 5.41) is 2.54. The Bertz CT molecular complexity index is 783. The lowest BCUT2D eigenvalue weighted by molar-refractivity contribution is -0.156. The number of hydrogen-bond acceptors (Lipinski definition) is 5. The molecular formula is C18H22F2N4O4. The molecule has 10 heteroatoms. The molecule has 3 rings (SSSR count). The fourth-order valence-electron chi connectivity index (χ4n) is 3.23. The maximum atomic E-state index is 13.7. The van der Waals surface area contributed by atoms with Gasteiger partial charge in [0.05, 0.1) is 24.6 Å². The Morgan fingerprint density at radius 3 is 2.32 bits per heavy atom. The highest BCUT2D eigenvalue weighted by Crippen LogP contribution is 2.29. The van der Waals surface area contributed by atoms with Gasteiger partial charge in [-0.1, -0.05) is 0 Å². The van der Waals surface area contributed by atoms with E-state index in [1.165, 1.54) is 4.90 Å². The molecule has 1 aromatic rings. The zero-order valence-corrected chi connectivity index (χ0v) is 15.5. The molecule has 3 amide bonds. The Labute approximate surface area is 161 Å². The average Bonchev–Trinajstić information content (AvgIpc) is 2.69. The second-order valence-electron chi connectivity index (χ2n) is 6.54. The van der Waals surface area contributed by atoms with E-state index in [2.05, 4.69) is 5.32 Å². The van der Waals surface area contributed by atoms with Crippen molar-refractivity contribution in [3.05, 3.63) is 23.8 Å². The van der Waals surface area contributed by atoms with Crippen molar-refractivity contribution in [1.29, 1.82) is 0 Å². The van der Waals surface area contributed by atoms with Crippen molar-refractivity contribution in [2.24, 2.45) is 0 Å². The van der Waals surface area contributed by atoms with Gasteiger partial charge >= 0.3 is 11.8 Å². The van der Waals surface area contributed by atoms with Crippen LogP contribution in [0.25, 0.3) is 0 Å². The predicted molar refractivity (Wildman–Crippen MR) is 96.9 cm³/mol. The maximum Gasteiger partial charge on any atom is 0.312 e. The van der Waals surface area contributed by atoms with Gasteiger partial charge in [0.1, 0.15) is 6.54 Å². The molecule has 28 heavy (non-hydrogen) atoms. The molecule has 0 bridgehead atoms. The van der Waals surface area contributed by atoms with Crippen LogP contribution in [-0.2, 0) is 19.1 Å². The van der Waals surface area contributed by atoms with Gasteiger partial charge in [0.15, 0.2) is 11.6 Å². The second-order valence-corrected chi connectivity index (χ2v) is 6.54. The van der Waals surface area contributed by atoms with Crippen LogP contribution in [-0.4, -0.2) is 80.0 Å². The van der Waals surface area contributed by atoms with Gasteiger partial charge in [-0.2, -0.15) is 0 Å². The molecule has 2 heterocycles. The number of morpholine rings is 1. The standard InChI is InChI=1S/C18H22F2N4O4/c1-2-22-3-4-24(18(27)17(22)26)11-16(25)21-14-9-12(19)13(20)10-15(14)23-5-7-28-8-6-23/h9-10H,2-8,11H2,1H3,(H,21,25). The first-order valence-corrected chi connectivity index (χ1v) is 9.10. The number of benzene rings is 1. The summed E-state index contributed by atoms with van der Waals surface area (Å²) in [6, 6.07) is 1.95. The van der Waals surface area contributed by atoms with Crippen molar-refractivity contribution in [3.63, 3.8) is 0 Å². The molecule has 0 atom stereocenters. The number of hydrogen-bond donors (Lipinski definition) is 1.